The maximum absolute atomic E-state index is 12.9. The van der Waals surface area contributed by atoms with Crippen molar-refractivity contribution < 1.29 is 19.2 Å². The first kappa shape index (κ1) is 21.7. The zero-order valence-electron chi connectivity index (χ0n) is 18.0. The lowest BCUT2D eigenvalue weighted by molar-refractivity contribution is -0.384. The van der Waals surface area contributed by atoms with E-state index in [1.807, 2.05) is 11.9 Å². The molecule has 170 valence electrons. The van der Waals surface area contributed by atoms with Crippen LogP contribution in [0.2, 0.25) is 0 Å². The second-order valence-electron chi connectivity index (χ2n) is 7.69. The van der Waals surface area contributed by atoms with Crippen LogP contribution in [-0.4, -0.2) is 71.4 Å². The molecule has 1 fully saturated rings. The van der Waals surface area contributed by atoms with Crippen molar-refractivity contribution >= 4 is 29.2 Å². The van der Waals surface area contributed by atoms with E-state index in [0.717, 1.165) is 17.8 Å². The van der Waals surface area contributed by atoms with E-state index in [9.17, 15) is 19.7 Å². The highest BCUT2D eigenvalue weighted by molar-refractivity contribution is 6.05. The molecule has 0 spiro atoms. The molecule has 1 aromatic carbocycles. The number of nitrogens with one attached hydrogen (secondary N) is 2. The fourth-order valence-corrected chi connectivity index (χ4v) is 3.90. The molecule has 4 rings (SSSR count). The molecule has 32 heavy (non-hydrogen) atoms. The molecule has 0 aliphatic carbocycles. The molecule has 2 N–H and O–H groups in total. The minimum atomic E-state index is -0.625. The van der Waals surface area contributed by atoms with E-state index in [1.165, 1.54) is 6.07 Å². The van der Waals surface area contributed by atoms with Crippen molar-refractivity contribution in [1.82, 2.24) is 20.0 Å². The number of hydrogen-bond acceptors (Lipinski definition) is 9. The first-order valence-electron chi connectivity index (χ1n) is 10.4. The van der Waals surface area contributed by atoms with Gasteiger partial charge in [0.1, 0.15) is 5.69 Å². The van der Waals surface area contributed by atoms with Gasteiger partial charge in [0.2, 0.25) is 0 Å². The first-order chi connectivity index (χ1) is 15.4. The van der Waals surface area contributed by atoms with Crippen molar-refractivity contribution in [2.45, 2.75) is 20.0 Å². The summed E-state index contributed by atoms with van der Waals surface area (Å²) in [6.45, 7) is 5.71. The average Bonchev–Trinajstić information content (AvgIpc) is 3.38. The monoisotopic (exact) mass is 443 g/mol. The van der Waals surface area contributed by atoms with Gasteiger partial charge in [-0.2, -0.15) is 4.68 Å². The number of hydrogen-bond donors (Lipinski definition) is 2. The van der Waals surface area contributed by atoms with E-state index in [4.69, 9.17) is 4.74 Å². The topological polar surface area (TPSA) is 135 Å². The van der Waals surface area contributed by atoms with Crippen molar-refractivity contribution in [1.29, 1.82) is 0 Å². The summed E-state index contributed by atoms with van der Waals surface area (Å²) in [5.41, 5.74) is 1.83. The molecular weight excluding hydrogens is 418 g/mol. The fraction of sp³-hybridized carbons (Fsp3) is 0.450. The normalized spacial score (nSPS) is 16.0. The molecule has 12 nitrogen and oxygen atoms in total. The summed E-state index contributed by atoms with van der Waals surface area (Å²) in [7, 11) is 2.01. The number of nitrogens with zero attached hydrogens (tertiary/aromatic N) is 5. The van der Waals surface area contributed by atoms with E-state index >= 15 is 0 Å². The number of fused-ring (bicyclic) bond motifs is 1. The molecule has 2 aliphatic heterocycles. The van der Waals surface area contributed by atoms with Crippen LogP contribution in [0, 0.1) is 10.1 Å². The number of nitro benzene ring substituents is 1. The number of carbonyl (C=O) groups is 2. The number of amides is 1. The zero-order chi connectivity index (χ0) is 22.8. The van der Waals surface area contributed by atoms with Gasteiger partial charge in [-0.25, -0.2) is 4.79 Å². The maximum Gasteiger partial charge on any atom is 0.435 e. The van der Waals surface area contributed by atoms with Crippen LogP contribution in [-0.2, 0) is 17.8 Å². The number of piperazine rings is 1. The minimum Gasteiger partial charge on any atom is -0.448 e. The number of ether oxygens (including phenoxy) is 1. The summed E-state index contributed by atoms with van der Waals surface area (Å²) in [5.74, 6) is -0.310. The summed E-state index contributed by atoms with van der Waals surface area (Å²) < 4.78 is 6.15. The molecule has 3 heterocycles. The lowest BCUT2D eigenvalue weighted by Crippen LogP contribution is -2.44. The first-order valence-corrected chi connectivity index (χ1v) is 10.4. The Morgan fingerprint density at radius 3 is 2.69 bits per heavy atom. The van der Waals surface area contributed by atoms with Gasteiger partial charge < -0.3 is 25.2 Å². The third-order valence-corrected chi connectivity index (χ3v) is 5.64. The molecule has 0 radical (unpaired) electrons. The number of nitro groups is 1. The lowest BCUT2D eigenvalue weighted by atomic mass is 10.1. The van der Waals surface area contributed by atoms with Crippen LogP contribution in [0.1, 0.15) is 28.5 Å². The maximum atomic E-state index is 12.9. The Bertz CT molecular complexity index is 1060. The van der Waals surface area contributed by atoms with Gasteiger partial charge in [0, 0.05) is 56.5 Å². The molecule has 0 bridgehead atoms. The highest BCUT2D eigenvalue weighted by Gasteiger charge is 2.28. The van der Waals surface area contributed by atoms with Crippen molar-refractivity contribution in [2.75, 3.05) is 50.1 Å². The molecule has 0 saturated carbocycles. The Morgan fingerprint density at radius 2 is 2.00 bits per heavy atom. The second-order valence-corrected chi connectivity index (χ2v) is 7.69. The Kier molecular flexibility index (Phi) is 6.06. The van der Waals surface area contributed by atoms with Crippen LogP contribution in [0.15, 0.2) is 18.2 Å². The number of benzene rings is 1. The molecule has 0 atom stereocenters. The third-order valence-electron chi connectivity index (χ3n) is 5.64. The van der Waals surface area contributed by atoms with Crippen molar-refractivity contribution in [3.8, 4) is 0 Å². The van der Waals surface area contributed by atoms with Gasteiger partial charge in [-0.1, -0.05) is 0 Å². The van der Waals surface area contributed by atoms with E-state index < -0.39 is 16.9 Å². The smallest absolute Gasteiger partial charge is 0.435 e. The molecule has 12 heteroatoms. The SMILES string of the molecule is CCOC(=O)n1nc(NC(=O)c2ccc(N3CCN(C)CC3)c([N+](=O)[O-])c2)c2c1CNC2. The van der Waals surface area contributed by atoms with Crippen LogP contribution in [0.3, 0.4) is 0 Å². The fourth-order valence-electron chi connectivity index (χ4n) is 3.90. The highest BCUT2D eigenvalue weighted by atomic mass is 16.6. The molecule has 2 aliphatic rings. The minimum absolute atomic E-state index is 0.119. The van der Waals surface area contributed by atoms with Crippen LogP contribution in [0.5, 0.6) is 0 Å². The van der Waals surface area contributed by atoms with Gasteiger partial charge in [0.25, 0.3) is 11.6 Å². The van der Waals surface area contributed by atoms with Gasteiger partial charge >= 0.3 is 6.09 Å². The van der Waals surface area contributed by atoms with E-state index in [0.29, 0.717) is 43.1 Å². The summed E-state index contributed by atoms with van der Waals surface area (Å²) in [6.07, 6.45) is -0.625. The Labute approximate surface area is 184 Å². The van der Waals surface area contributed by atoms with Crippen LogP contribution < -0.4 is 15.5 Å². The zero-order valence-corrected chi connectivity index (χ0v) is 18.0. The standard InChI is InChI=1S/C20H25N7O5/c1-3-32-20(29)26-17-12-21-11-14(17)18(23-26)22-19(28)13-4-5-15(16(10-13)27(30)31)25-8-6-24(2)7-9-25/h4-5,10,21H,3,6-9,11-12H2,1-2H3,(H,22,23,28). The molecule has 0 unspecified atom stereocenters. The number of rotatable bonds is 5. The van der Waals surface area contributed by atoms with E-state index in [-0.39, 0.29) is 23.7 Å². The Hall–Kier alpha value is -3.51. The number of anilines is 2. The number of carbonyl (C=O) groups excluding carboxylic acids is 2. The molecular formula is C20H25N7O5. The summed E-state index contributed by atoms with van der Waals surface area (Å²) in [6, 6.07) is 4.46. The largest absolute Gasteiger partial charge is 0.448 e. The van der Waals surface area contributed by atoms with E-state index in [2.05, 4.69) is 20.6 Å². The number of aromatic nitrogens is 2. The van der Waals surface area contributed by atoms with Crippen molar-refractivity contribution in [3.05, 3.63) is 45.1 Å². The summed E-state index contributed by atoms with van der Waals surface area (Å²) in [4.78, 5) is 40.4. The van der Waals surface area contributed by atoms with Crippen LogP contribution >= 0.6 is 0 Å². The van der Waals surface area contributed by atoms with Gasteiger partial charge in [-0.15, -0.1) is 5.10 Å². The van der Waals surface area contributed by atoms with Crippen LogP contribution in [0.25, 0.3) is 0 Å². The molecule has 1 saturated heterocycles. The average molecular weight is 443 g/mol. The second kappa shape index (κ2) is 8.93. The quantitative estimate of drug-likeness (QED) is 0.519. The molecule has 1 aromatic heterocycles. The Balaban J connectivity index is 1.58. The lowest BCUT2D eigenvalue weighted by Gasteiger charge is -2.33. The van der Waals surface area contributed by atoms with Crippen LogP contribution in [0.4, 0.5) is 22.0 Å². The predicted molar refractivity (Wildman–Crippen MR) is 116 cm³/mol. The summed E-state index contributed by atoms with van der Waals surface area (Å²) in [5, 5.41) is 21.7. The van der Waals surface area contributed by atoms with Gasteiger partial charge in [-0.3, -0.25) is 14.9 Å². The third kappa shape index (κ3) is 4.14. The van der Waals surface area contributed by atoms with Crippen molar-refractivity contribution in [2.24, 2.45) is 0 Å². The number of likely N-dealkylation sites (N-methyl/N-ethyl adjacent to an activating group) is 1. The summed E-state index contributed by atoms with van der Waals surface area (Å²) >= 11 is 0. The molecule has 2 aromatic rings. The van der Waals surface area contributed by atoms with Gasteiger partial charge in [-0.05, 0) is 26.1 Å². The highest BCUT2D eigenvalue weighted by Crippen LogP contribution is 2.31. The van der Waals surface area contributed by atoms with Crippen molar-refractivity contribution in [3.63, 3.8) is 0 Å². The predicted octanol–water partition coefficient (Wildman–Crippen LogP) is 1.40. The van der Waals surface area contributed by atoms with Gasteiger partial charge in [0.05, 0.1) is 17.2 Å². The van der Waals surface area contributed by atoms with E-state index in [1.54, 1.807) is 19.1 Å². The molecule has 1 amide bonds. The Morgan fingerprint density at radius 1 is 1.25 bits per heavy atom. The van der Waals surface area contributed by atoms with Gasteiger partial charge in [0.15, 0.2) is 5.82 Å².